The Balaban J connectivity index is 2.22. The Morgan fingerprint density at radius 3 is 2.57 bits per heavy atom. The van der Waals surface area contributed by atoms with Crippen molar-refractivity contribution < 1.29 is 5.11 Å². The first-order valence-corrected chi connectivity index (χ1v) is 6.27. The van der Waals surface area contributed by atoms with Gasteiger partial charge in [-0.1, -0.05) is 33.6 Å². The molecule has 2 saturated carbocycles. The van der Waals surface area contributed by atoms with Crippen LogP contribution in [0, 0.1) is 23.7 Å². The molecule has 2 bridgehead atoms. The van der Waals surface area contributed by atoms with Crippen LogP contribution in [0.2, 0.25) is 0 Å². The molecule has 2 fully saturated rings. The number of hydrogen-bond donors (Lipinski definition) is 1. The van der Waals surface area contributed by atoms with Gasteiger partial charge in [-0.15, -0.1) is 0 Å². The average Bonchev–Trinajstić information content (AvgIpc) is 2.14. The third kappa shape index (κ3) is 1.41. The van der Waals surface area contributed by atoms with Crippen molar-refractivity contribution in [3.05, 3.63) is 0 Å². The Hall–Kier alpha value is -0.0400. The summed E-state index contributed by atoms with van der Waals surface area (Å²) in [5, 5.41) is 10.8. The lowest BCUT2D eigenvalue weighted by Gasteiger charge is -2.52. The minimum absolute atomic E-state index is 0.364. The molecule has 1 N–H and O–H groups in total. The summed E-state index contributed by atoms with van der Waals surface area (Å²) in [5.74, 6) is 2.43. The van der Waals surface area contributed by atoms with Crippen LogP contribution in [0.3, 0.4) is 0 Å². The van der Waals surface area contributed by atoms with Gasteiger partial charge in [-0.05, 0) is 42.9 Å². The molecule has 0 aromatic carbocycles. The van der Waals surface area contributed by atoms with Gasteiger partial charge in [0, 0.05) is 0 Å². The van der Waals surface area contributed by atoms with Crippen LogP contribution in [-0.2, 0) is 0 Å². The fourth-order valence-electron chi connectivity index (χ4n) is 4.06. The zero-order valence-corrected chi connectivity index (χ0v) is 9.79. The van der Waals surface area contributed by atoms with Gasteiger partial charge in [0.15, 0.2) is 0 Å². The van der Waals surface area contributed by atoms with Gasteiger partial charge in [0.2, 0.25) is 0 Å². The molecule has 0 aromatic heterocycles. The highest BCUT2D eigenvalue weighted by atomic mass is 16.3. The van der Waals surface area contributed by atoms with E-state index in [4.69, 9.17) is 0 Å². The standard InChI is InChI=1S/C13H24O/c1-9(2)13(14)10(3)7-11-5-4-6-12(13)8-11/h9-12,14H,4-8H2,1-3H3. The van der Waals surface area contributed by atoms with E-state index in [0.29, 0.717) is 17.8 Å². The van der Waals surface area contributed by atoms with Crippen LogP contribution in [0.15, 0.2) is 0 Å². The molecule has 1 heteroatoms. The molecule has 14 heavy (non-hydrogen) atoms. The van der Waals surface area contributed by atoms with E-state index in [0.717, 1.165) is 5.92 Å². The second kappa shape index (κ2) is 3.52. The molecule has 4 atom stereocenters. The molecule has 0 aliphatic heterocycles. The van der Waals surface area contributed by atoms with Crippen LogP contribution >= 0.6 is 0 Å². The second-order valence-corrected chi connectivity index (χ2v) is 5.91. The highest BCUT2D eigenvalue weighted by Gasteiger charge is 2.49. The normalized spacial score (nSPS) is 48.2. The van der Waals surface area contributed by atoms with E-state index in [-0.39, 0.29) is 5.60 Å². The van der Waals surface area contributed by atoms with Crippen molar-refractivity contribution in [1.29, 1.82) is 0 Å². The van der Waals surface area contributed by atoms with Crippen molar-refractivity contribution in [3.63, 3.8) is 0 Å². The molecule has 0 amide bonds. The van der Waals surface area contributed by atoms with Gasteiger partial charge < -0.3 is 5.11 Å². The number of rotatable bonds is 1. The molecule has 0 radical (unpaired) electrons. The summed E-state index contributed by atoms with van der Waals surface area (Å²) < 4.78 is 0. The molecule has 0 heterocycles. The van der Waals surface area contributed by atoms with Crippen LogP contribution < -0.4 is 0 Å². The Morgan fingerprint density at radius 2 is 1.93 bits per heavy atom. The van der Waals surface area contributed by atoms with E-state index in [9.17, 15) is 5.11 Å². The highest BCUT2D eigenvalue weighted by molar-refractivity contribution is 5.00. The number of hydrogen-bond acceptors (Lipinski definition) is 1. The molecule has 2 aliphatic carbocycles. The summed E-state index contributed by atoms with van der Waals surface area (Å²) in [6.45, 7) is 6.63. The van der Waals surface area contributed by atoms with E-state index in [1.165, 1.54) is 32.1 Å². The monoisotopic (exact) mass is 196 g/mol. The molecular weight excluding hydrogens is 172 g/mol. The van der Waals surface area contributed by atoms with Gasteiger partial charge in [-0.2, -0.15) is 0 Å². The van der Waals surface area contributed by atoms with Crippen molar-refractivity contribution in [2.45, 2.75) is 58.5 Å². The summed E-state index contributed by atoms with van der Waals surface area (Å²) in [6, 6.07) is 0. The molecule has 0 aromatic rings. The summed E-state index contributed by atoms with van der Waals surface area (Å²) in [7, 11) is 0. The van der Waals surface area contributed by atoms with E-state index in [2.05, 4.69) is 20.8 Å². The SMILES string of the molecule is CC(C)C1(O)C(C)CC2CCCC1C2. The lowest BCUT2D eigenvalue weighted by atomic mass is 9.57. The lowest BCUT2D eigenvalue weighted by Crippen LogP contribution is -2.54. The third-order valence-corrected chi connectivity index (χ3v) is 4.84. The lowest BCUT2D eigenvalue weighted by molar-refractivity contribution is -0.146. The first kappa shape index (κ1) is 10.5. The van der Waals surface area contributed by atoms with Crippen LogP contribution in [-0.4, -0.2) is 10.7 Å². The van der Waals surface area contributed by atoms with Crippen molar-refractivity contribution in [2.24, 2.45) is 23.7 Å². The Morgan fingerprint density at radius 1 is 1.21 bits per heavy atom. The van der Waals surface area contributed by atoms with E-state index in [1.807, 2.05) is 0 Å². The van der Waals surface area contributed by atoms with Crippen molar-refractivity contribution >= 4 is 0 Å². The highest BCUT2D eigenvalue weighted by Crippen LogP contribution is 2.51. The minimum atomic E-state index is -0.364. The fourth-order valence-corrected chi connectivity index (χ4v) is 4.06. The number of aliphatic hydroxyl groups is 1. The van der Waals surface area contributed by atoms with Gasteiger partial charge in [-0.3, -0.25) is 0 Å². The van der Waals surface area contributed by atoms with Crippen molar-refractivity contribution in [2.75, 3.05) is 0 Å². The zero-order valence-electron chi connectivity index (χ0n) is 9.79. The topological polar surface area (TPSA) is 20.2 Å². The maximum absolute atomic E-state index is 10.8. The van der Waals surface area contributed by atoms with Crippen LogP contribution in [0.5, 0.6) is 0 Å². The maximum Gasteiger partial charge on any atom is 0.0724 e. The Labute approximate surface area is 87.9 Å². The summed E-state index contributed by atoms with van der Waals surface area (Å²) in [5.41, 5.74) is -0.364. The summed E-state index contributed by atoms with van der Waals surface area (Å²) in [6.07, 6.45) is 6.56. The maximum atomic E-state index is 10.8. The average molecular weight is 196 g/mol. The van der Waals surface area contributed by atoms with Crippen molar-refractivity contribution in [3.8, 4) is 0 Å². The minimum Gasteiger partial charge on any atom is -0.389 e. The summed E-state index contributed by atoms with van der Waals surface area (Å²) in [4.78, 5) is 0. The fraction of sp³-hybridized carbons (Fsp3) is 1.00. The predicted octanol–water partition coefficient (Wildman–Crippen LogP) is 3.22. The molecule has 2 rings (SSSR count). The molecular formula is C13H24O. The molecule has 1 nitrogen and oxygen atoms in total. The smallest absolute Gasteiger partial charge is 0.0724 e. The van der Waals surface area contributed by atoms with E-state index < -0.39 is 0 Å². The van der Waals surface area contributed by atoms with Crippen molar-refractivity contribution in [1.82, 2.24) is 0 Å². The molecule has 82 valence electrons. The van der Waals surface area contributed by atoms with E-state index >= 15 is 0 Å². The second-order valence-electron chi connectivity index (χ2n) is 5.91. The van der Waals surface area contributed by atoms with Gasteiger partial charge in [0.25, 0.3) is 0 Å². The molecule has 0 spiro atoms. The summed E-state index contributed by atoms with van der Waals surface area (Å²) >= 11 is 0. The van der Waals surface area contributed by atoms with Gasteiger partial charge in [0.1, 0.15) is 0 Å². The van der Waals surface area contributed by atoms with Crippen LogP contribution in [0.25, 0.3) is 0 Å². The van der Waals surface area contributed by atoms with Gasteiger partial charge >= 0.3 is 0 Å². The Kier molecular flexibility index (Phi) is 2.63. The molecule has 4 unspecified atom stereocenters. The molecule has 0 saturated heterocycles. The predicted molar refractivity (Wildman–Crippen MR) is 59.0 cm³/mol. The first-order chi connectivity index (χ1) is 6.55. The van der Waals surface area contributed by atoms with Gasteiger partial charge in [0.05, 0.1) is 5.60 Å². The third-order valence-electron chi connectivity index (χ3n) is 4.84. The number of fused-ring (bicyclic) bond motifs is 2. The first-order valence-electron chi connectivity index (χ1n) is 6.27. The van der Waals surface area contributed by atoms with Gasteiger partial charge in [-0.25, -0.2) is 0 Å². The van der Waals surface area contributed by atoms with Crippen LogP contribution in [0.1, 0.15) is 52.9 Å². The van der Waals surface area contributed by atoms with Crippen LogP contribution in [0.4, 0.5) is 0 Å². The molecule has 2 aliphatic rings. The zero-order chi connectivity index (χ0) is 10.3. The quantitative estimate of drug-likeness (QED) is 0.682. The largest absolute Gasteiger partial charge is 0.389 e. The van der Waals surface area contributed by atoms with E-state index in [1.54, 1.807) is 0 Å². The Bertz CT molecular complexity index is 209.